The molecule has 1 amide bonds. The Hall–Kier alpha value is -2.30. The minimum absolute atomic E-state index is 0.146. The van der Waals surface area contributed by atoms with Gasteiger partial charge in [0.05, 0.1) is 12.2 Å². The maximum absolute atomic E-state index is 12.2. The lowest BCUT2D eigenvalue weighted by atomic mass is 9.99. The van der Waals surface area contributed by atoms with Crippen LogP contribution in [0.15, 0.2) is 12.4 Å². The van der Waals surface area contributed by atoms with Crippen LogP contribution in [0.1, 0.15) is 64.2 Å². The van der Waals surface area contributed by atoms with Crippen molar-refractivity contribution < 1.29 is 24.3 Å². The third-order valence-corrected chi connectivity index (χ3v) is 5.10. The molecule has 1 fully saturated rings. The van der Waals surface area contributed by atoms with Gasteiger partial charge >= 0.3 is 5.97 Å². The van der Waals surface area contributed by atoms with Gasteiger partial charge in [-0.3, -0.25) is 9.59 Å². The van der Waals surface area contributed by atoms with Gasteiger partial charge in [0.15, 0.2) is 6.29 Å². The Kier molecular flexibility index (Phi) is 10.3. The Morgan fingerprint density at radius 1 is 1.12 bits per heavy atom. The Balaban J connectivity index is 1.80. The molecule has 0 bridgehead atoms. The molecule has 0 spiro atoms. The van der Waals surface area contributed by atoms with Crippen molar-refractivity contribution in [2.75, 3.05) is 24.6 Å². The Morgan fingerprint density at radius 2 is 1.75 bits per heavy atom. The van der Waals surface area contributed by atoms with Crippen molar-refractivity contribution in [3.63, 3.8) is 0 Å². The number of nitrogens with one attached hydrogen (secondary N) is 2. The van der Waals surface area contributed by atoms with Crippen LogP contribution in [0.25, 0.3) is 0 Å². The van der Waals surface area contributed by atoms with Crippen LogP contribution in [-0.4, -0.2) is 65.0 Å². The number of piperidine rings is 1. The van der Waals surface area contributed by atoms with Gasteiger partial charge in [0.25, 0.3) is 5.91 Å². The summed E-state index contributed by atoms with van der Waals surface area (Å²) in [5.41, 5.74) is 2.65. The van der Waals surface area contributed by atoms with Crippen LogP contribution in [0.2, 0.25) is 0 Å². The fraction of sp³-hybridized carbons (Fsp3) is 0.727. The van der Waals surface area contributed by atoms with Crippen molar-refractivity contribution in [1.82, 2.24) is 20.8 Å². The Bertz CT molecular complexity index is 720. The molecule has 0 aliphatic carbocycles. The SMILES string of the molecule is CC(C)COC(C)ONC(=O)c1cnc(N2CCC(N[C@@H](CC(C)C)C(=O)O)CC2)nc1. The van der Waals surface area contributed by atoms with Gasteiger partial charge in [-0.05, 0) is 38.0 Å². The number of anilines is 1. The lowest BCUT2D eigenvalue weighted by Crippen LogP contribution is -2.49. The van der Waals surface area contributed by atoms with Crippen LogP contribution in [0, 0.1) is 11.8 Å². The first-order valence-electron chi connectivity index (χ1n) is 11.3. The summed E-state index contributed by atoms with van der Waals surface area (Å²) in [5, 5.41) is 12.7. The monoisotopic (exact) mass is 451 g/mol. The van der Waals surface area contributed by atoms with Gasteiger partial charge in [-0.25, -0.2) is 20.3 Å². The summed E-state index contributed by atoms with van der Waals surface area (Å²) in [5.74, 6) is -0.00909. The lowest BCUT2D eigenvalue weighted by Gasteiger charge is -2.34. The predicted molar refractivity (Wildman–Crippen MR) is 120 cm³/mol. The molecule has 3 N–H and O–H groups in total. The number of aromatic nitrogens is 2. The molecule has 2 rings (SSSR count). The van der Waals surface area contributed by atoms with Gasteiger partial charge in [-0.2, -0.15) is 0 Å². The molecule has 32 heavy (non-hydrogen) atoms. The topological polar surface area (TPSA) is 126 Å². The van der Waals surface area contributed by atoms with E-state index in [1.54, 1.807) is 6.92 Å². The van der Waals surface area contributed by atoms with Crippen molar-refractivity contribution in [3.8, 4) is 0 Å². The van der Waals surface area contributed by atoms with E-state index >= 15 is 0 Å². The molecule has 1 aromatic rings. The van der Waals surface area contributed by atoms with Crippen LogP contribution in [0.3, 0.4) is 0 Å². The highest BCUT2D eigenvalue weighted by Crippen LogP contribution is 2.17. The second-order valence-corrected chi connectivity index (χ2v) is 9.06. The van der Waals surface area contributed by atoms with Crippen LogP contribution < -0.4 is 15.7 Å². The summed E-state index contributed by atoms with van der Waals surface area (Å²) in [4.78, 5) is 39.6. The third-order valence-electron chi connectivity index (χ3n) is 5.10. The number of carbonyl (C=O) groups excluding carboxylic acids is 1. The minimum atomic E-state index is -0.803. The fourth-order valence-electron chi connectivity index (χ4n) is 3.40. The lowest BCUT2D eigenvalue weighted by molar-refractivity contribution is -0.163. The molecule has 1 saturated heterocycles. The first kappa shape index (κ1) is 26.0. The number of amides is 1. The quantitative estimate of drug-likeness (QED) is 0.324. The molecular formula is C22H37N5O5. The molecule has 0 saturated carbocycles. The van der Waals surface area contributed by atoms with E-state index in [9.17, 15) is 14.7 Å². The number of rotatable bonds is 12. The van der Waals surface area contributed by atoms with Gasteiger partial charge in [-0.1, -0.05) is 27.7 Å². The van der Waals surface area contributed by atoms with Crippen molar-refractivity contribution in [2.24, 2.45) is 11.8 Å². The maximum Gasteiger partial charge on any atom is 0.320 e. The number of hydrogen-bond donors (Lipinski definition) is 3. The van der Waals surface area contributed by atoms with E-state index in [0.717, 1.165) is 12.8 Å². The molecule has 0 radical (unpaired) electrons. The van der Waals surface area contributed by atoms with E-state index in [0.29, 0.717) is 49.5 Å². The smallest absolute Gasteiger partial charge is 0.320 e. The summed E-state index contributed by atoms with van der Waals surface area (Å²) < 4.78 is 5.44. The second kappa shape index (κ2) is 12.7. The van der Waals surface area contributed by atoms with E-state index in [2.05, 4.69) is 20.8 Å². The molecule has 2 atom stereocenters. The molecule has 1 aromatic heterocycles. The highest BCUT2D eigenvalue weighted by Gasteiger charge is 2.26. The molecular weight excluding hydrogens is 414 g/mol. The van der Waals surface area contributed by atoms with Gasteiger partial charge in [0.1, 0.15) is 6.04 Å². The zero-order valence-corrected chi connectivity index (χ0v) is 19.7. The largest absolute Gasteiger partial charge is 0.480 e. The average molecular weight is 452 g/mol. The van der Waals surface area contributed by atoms with E-state index in [1.165, 1.54) is 12.4 Å². The first-order chi connectivity index (χ1) is 15.2. The van der Waals surface area contributed by atoms with E-state index in [4.69, 9.17) is 9.57 Å². The minimum Gasteiger partial charge on any atom is -0.480 e. The van der Waals surface area contributed by atoms with Crippen LogP contribution >= 0.6 is 0 Å². The number of aliphatic carboxylic acids is 1. The molecule has 180 valence electrons. The number of nitrogens with zero attached hydrogens (tertiary/aromatic N) is 3. The molecule has 1 unspecified atom stereocenters. The first-order valence-corrected chi connectivity index (χ1v) is 11.3. The maximum atomic E-state index is 12.2. The standard InChI is InChI=1S/C22H37N5O5/c1-14(2)10-19(21(29)30)25-18-6-8-27(9-7-18)22-23-11-17(12-24-22)20(28)26-32-16(5)31-13-15(3)4/h11-12,14-16,18-19,25H,6-10,13H2,1-5H3,(H,26,28)(H,29,30)/t16?,19-/m0/s1. The summed E-state index contributed by atoms with van der Waals surface area (Å²) in [6, 6.07) is -0.380. The van der Waals surface area contributed by atoms with Crippen molar-refractivity contribution in [3.05, 3.63) is 18.0 Å². The zero-order chi connectivity index (χ0) is 23.7. The number of carbonyl (C=O) groups is 2. The van der Waals surface area contributed by atoms with Crippen LogP contribution in [0.5, 0.6) is 0 Å². The molecule has 1 aliphatic rings. The summed E-state index contributed by atoms with van der Waals surface area (Å²) in [6.07, 6.45) is 4.58. The van der Waals surface area contributed by atoms with Crippen molar-refractivity contribution >= 4 is 17.8 Å². The third kappa shape index (κ3) is 8.68. The van der Waals surface area contributed by atoms with E-state index in [1.807, 2.05) is 32.6 Å². The predicted octanol–water partition coefficient (Wildman–Crippen LogP) is 2.21. The number of ether oxygens (including phenoxy) is 1. The van der Waals surface area contributed by atoms with Gasteiger partial charge < -0.3 is 20.1 Å². The molecule has 1 aliphatic heterocycles. The highest BCUT2D eigenvalue weighted by molar-refractivity contribution is 5.92. The van der Waals surface area contributed by atoms with Gasteiger partial charge in [0, 0.05) is 31.5 Å². The number of hydrogen-bond acceptors (Lipinski definition) is 8. The van der Waals surface area contributed by atoms with Gasteiger partial charge in [0.2, 0.25) is 5.95 Å². The summed E-state index contributed by atoms with van der Waals surface area (Å²) >= 11 is 0. The van der Waals surface area contributed by atoms with Crippen molar-refractivity contribution in [1.29, 1.82) is 0 Å². The Morgan fingerprint density at radius 3 is 2.28 bits per heavy atom. The summed E-state index contributed by atoms with van der Waals surface area (Å²) in [7, 11) is 0. The fourth-order valence-corrected chi connectivity index (χ4v) is 3.40. The van der Waals surface area contributed by atoms with Crippen LogP contribution in [-0.2, 0) is 14.4 Å². The zero-order valence-electron chi connectivity index (χ0n) is 19.7. The Labute approximate surface area is 190 Å². The average Bonchev–Trinajstić information content (AvgIpc) is 2.75. The molecule has 10 heteroatoms. The van der Waals surface area contributed by atoms with E-state index < -0.39 is 24.2 Å². The number of carboxylic acids is 1. The second-order valence-electron chi connectivity index (χ2n) is 9.06. The van der Waals surface area contributed by atoms with Crippen molar-refractivity contribution in [2.45, 2.75) is 72.3 Å². The van der Waals surface area contributed by atoms with Crippen LogP contribution in [0.4, 0.5) is 5.95 Å². The molecule has 10 nitrogen and oxygen atoms in total. The molecule has 0 aromatic carbocycles. The number of hydroxylamine groups is 1. The van der Waals surface area contributed by atoms with Gasteiger partial charge in [-0.15, -0.1) is 0 Å². The van der Waals surface area contributed by atoms with E-state index in [-0.39, 0.29) is 6.04 Å². The molecule has 2 heterocycles. The summed E-state index contributed by atoms with van der Waals surface area (Å²) in [6.45, 7) is 11.8. The normalized spacial score (nSPS) is 16.9. The number of carboxylic acid groups (broad SMARTS) is 1. The highest BCUT2D eigenvalue weighted by atomic mass is 16.8.